The van der Waals surface area contributed by atoms with E-state index in [0.29, 0.717) is 31.7 Å². The van der Waals surface area contributed by atoms with Crippen LogP contribution in [0.25, 0.3) is 5.57 Å². The van der Waals surface area contributed by atoms with E-state index in [0.717, 1.165) is 52.8 Å². The number of fused-ring (bicyclic) bond motifs is 2. The lowest BCUT2D eigenvalue weighted by molar-refractivity contribution is -0.138. The molecule has 1 saturated heterocycles. The maximum absolute atomic E-state index is 14.7. The highest BCUT2D eigenvalue weighted by molar-refractivity contribution is 6.03. The highest BCUT2D eigenvalue weighted by Gasteiger charge is 2.43. The van der Waals surface area contributed by atoms with Crippen LogP contribution in [0.3, 0.4) is 0 Å². The number of carbonyl (C=O) groups is 3. The van der Waals surface area contributed by atoms with Gasteiger partial charge in [0.05, 0.1) is 25.3 Å². The van der Waals surface area contributed by atoms with Gasteiger partial charge in [-0.15, -0.1) is 0 Å². The summed E-state index contributed by atoms with van der Waals surface area (Å²) in [5.74, 6) is -0.182. The summed E-state index contributed by atoms with van der Waals surface area (Å²) in [6, 6.07) is 21.7. The first-order valence-corrected chi connectivity index (χ1v) is 17.9. The van der Waals surface area contributed by atoms with Gasteiger partial charge < -0.3 is 30.1 Å². The molecule has 2 heterocycles. The molecule has 264 valence electrons. The molecule has 0 aromatic heterocycles. The van der Waals surface area contributed by atoms with Crippen LogP contribution in [0.1, 0.15) is 78.0 Å². The molecular formula is C41H49N3O6. The number of aryl methyl sites for hydroxylation is 2. The van der Waals surface area contributed by atoms with Gasteiger partial charge in [-0.05, 0) is 91.5 Å². The predicted octanol–water partition coefficient (Wildman–Crippen LogP) is 5.54. The van der Waals surface area contributed by atoms with Gasteiger partial charge in [-0.1, -0.05) is 60.7 Å². The van der Waals surface area contributed by atoms with E-state index in [1.54, 1.807) is 4.90 Å². The zero-order chi connectivity index (χ0) is 35.4. The third-order valence-corrected chi connectivity index (χ3v) is 10.3. The Morgan fingerprint density at radius 2 is 1.72 bits per heavy atom. The zero-order valence-electron chi connectivity index (χ0n) is 29.4. The molecule has 2 bridgehead atoms. The first-order valence-electron chi connectivity index (χ1n) is 17.9. The highest BCUT2D eigenvalue weighted by Crippen LogP contribution is 2.38. The summed E-state index contributed by atoms with van der Waals surface area (Å²) in [7, 11) is 0. The second kappa shape index (κ2) is 15.6. The quantitative estimate of drug-likeness (QED) is 0.205. The van der Waals surface area contributed by atoms with Gasteiger partial charge in [-0.25, -0.2) is 0 Å². The van der Waals surface area contributed by atoms with Gasteiger partial charge in [0.2, 0.25) is 5.91 Å². The van der Waals surface area contributed by atoms with Crippen LogP contribution in [0.2, 0.25) is 0 Å². The van der Waals surface area contributed by atoms with Crippen molar-refractivity contribution in [3.05, 3.63) is 106 Å². The molecule has 9 nitrogen and oxygen atoms in total. The van der Waals surface area contributed by atoms with E-state index in [4.69, 9.17) is 9.84 Å². The monoisotopic (exact) mass is 679 g/mol. The molecule has 9 heteroatoms. The number of benzene rings is 3. The predicted molar refractivity (Wildman–Crippen MR) is 193 cm³/mol. The summed E-state index contributed by atoms with van der Waals surface area (Å²) >= 11 is 0. The number of hydrogen-bond donors (Lipinski definition) is 3. The van der Waals surface area contributed by atoms with Gasteiger partial charge >= 0.3 is 5.97 Å². The Hall–Kier alpha value is -4.47. The smallest absolute Gasteiger partial charge is 0.303 e. The lowest BCUT2D eigenvalue weighted by Crippen LogP contribution is -2.62. The van der Waals surface area contributed by atoms with Crippen molar-refractivity contribution in [1.82, 2.24) is 15.1 Å². The molecule has 2 fully saturated rings. The fourth-order valence-corrected chi connectivity index (χ4v) is 7.33. The Bertz CT molecular complexity index is 1730. The molecule has 3 atom stereocenters. The van der Waals surface area contributed by atoms with Crippen LogP contribution < -0.4 is 10.1 Å². The number of aliphatic hydroxyl groups excluding tert-OH is 1. The molecule has 1 saturated carbocycles. The Balaban J connectivity index is 1.25. The number of ether oxygens (including phenoxy) is 1. The van der Waals surface area contributed by atoms with Gasteiger partial charge in [-0.3, -0.25) is 14.4 Å². The molecule has 1 aliphatic carbocycles. The number of aliphatic hydroxyl groups is 1. The third-order valence-electron chi connectivity index (χ3n) is 10.3. The number of rotatable bonds is 14. The van der Waals surface area contributed by atoms with Crippen LogP contribution in [0.4, 0.5) is 0 Å². The van der Waals surface area contributed by atoms with Crippen LogP contribution in [0.5, 0.6) is 5.75 Å². The number of amides is 2. The molecule has 0 spiro atoms. The second-order valence-corrected chi connectivity index (χ2v) is 14.2. The van der Waals surface area contributed by atoms with E-state index in [9.17, 15) is 19.5 Å². The molecule has 3 aromatic rings. The molecule has 3 aliphatic rings. The topological polar surface area (TPSA) is 119 Å². The lowest BCUT2D eigenvalue weighted by Gasteiger charge is -2.45. The molecule has 0 unspecified atom stereocenters. The maximum Gasteiger partial charge on any atom is 0.303 e. The number of carboxylic acids is 1. The molecule has 3 N–H and O–H groups in total. The molecule has 3 aromatic carbocycles. The van der Waals surface area contributed by atoms with Crippen LogP contribution >= 0.6 is 0 Å². The Morgan fingerprint density at radius 1 is 0.980 bits per heavy atom. The normalized spacial score (nSPS) is 19.2. The van der Waals surface area contributed by atoms with E-state index in [2.05, 4.69) is 62.5 Å². The SMILES string of the molecule is Cc1cc(C)c(C)c(OCCc2ccc(C3=C(C(=O)N(C[C@H](O)c4ccccc4)C4CC4)[C@H]4CN(C(=O)CCCC(=O)O)C[C@@H](C3)N4)cc2)c1. The highest BCUT2D eigenvalue weighted by atomic mass is 16.5. The molecular weight excluding hydrogens is 630 g/mol. The average Bonchev–Trinajstić information content (AvgIpc) is 3.94. The molecule has 6 rings (SSSR count). The summed E-state index contributed by atoms with van der Waals surface area (Å²) in [6.45, 7) is 7.84. The summed E-state index contributed by atoms with van der Waals surface area (Å²) in [6.07, 6.45) is 2.69. The third kappa shape index (κ3) is 8.45. The number of nitrogens with one attached hydrogen (secondary N) is 1. The van der Waals surface area contributed by atoms with Crippen molar-refractivity contribution in [3.63, 3.8) is 0 Å². The van der Waals surface area contributed by atoms with Gasteiger partial charge in [0.25, 0.3) is 5.91 Å². The van der Waals surface area contributed by atoms with E-state index >= 15 is 0 Å². The Kier molecular flexibility index (Phi) is 11.0. The van der Waals surface area contributed by atoms with Crippen LogP contribution in [0.15, 0.2) is 72.3 Å². The number of aliphatic carboxylic acids is 1. The molecule has 2 amide bonds. The minimum absolute atomic E-state index is 0.0397. The van der Waals surface area contributed by atoms with Crippen molar-refractivity contribution in [2.24, 2.45) is 0 Å². The standard InChI is InChI=1S/C41H49N3O6/c1-26-20-27(2)28(3)37(21-26)50-19-18-29-12-14-30(15-13-29)34-22-32-23-43(38(46)10-7-11-39(47)48)24-35(42-32)40(34)41(49)44(33-16-17-33)25-36(45)31-8-5-4-6-9-31/h4-6,8-9,12-15,20-21,32-33,35-36,42,45H,7,10-11,16-19,22-25H2,1-3H3,(H,47,48)/t32-,35-,36+/m1/s1. The Labute approximate surface area is 294 Å². The fraction of sp³-hybridized carbons (Fsp3) is 0.439. The van der Waals surface area contributed by atoms with Gasteiger partial charge in [0.15, 0.2) is 0 Å². The Morgan fingerprint density at radius 3 is 2.42 bits per heavy atom. The van der Waals surface area contributed by atoms with Crippen LogP contribution in [-0.4, -0.2) is 82.2 Å². The summed E-state index contributed by atoms with van der Waals surface area (Å²) < 4.78 is 6.18. The number of carbonyl (C=O) groups excluding carboxylic acids is 2. The summed E-state index contributed by atoms with van der Waals surface area (Å²) in [5.41, 5.74) is 8.08. The minimum atomic E-state index is -0.914. The fourth-order valence-electron chi connectivity index (χ4n) is 7.33. The van der Waals surface area contributed by atoms with Gasteiger partial charge in [0, 0.05) is 50.0 Å². The molecule has 2 aliphatic heterocycles. The van der Waals surface area contributed by atoms with E-state index in [1.165, 1.54) is 11.1 Å². The van der Waals surface area contributed by atoms with Crippen molar-refractivity contribution in [1.29, 1.82) is 0 Å². The van der Waals surface area contributed by atoms with E-state index in [1.807, 2.05) is 35.2 Å². The van der Waals surface area contributed by atoms with Crippen molar-refractivity contribution in [3.8, 4) is 5.75 Å². The van der Waals surface area contributed by atoms with Crippen molar-refractivity contribution < 1.29 is 29.3 Å². The van der Waals surface area contributed by atoms with Gasteiger partial charge in [0.1, 0.15) is 5.75 Å². The number of nitrogens with zero attached hydrogens (tertiary/aromatic N) is 2. The zero-order valence-corrected chi connectivity index (χ0v) is 29.4. The molecule has 0 radical (unpaired) electrons. The number of carboxylic acid groups (broad SMARTS) is 1. The first kappa shape index (κ1) is 35.4. The van der Waals surface area contributed by atoms with E-state index in [-0.39, 0.29) is 55.7 Å². The van der Waals surface area contributed by atoms with Crippen molar-refractivity contribution in [2.75, 3.05) is 26.2 Å². The van der Waals surface area contributed by atoms with E-state index < -0.39 is 12.1 Å². The average molecular weight is 680 g/mol. The largest absolute Gasteiger partial charge is 0.493 e. The van der Waals surface area contributed by atoms with Crippen molar-refractivity contribution in [2.45, 2.75) is 89.9 Å². The number of hydrogen-bond acceptors (Lipinski definition) is 6. The number of piperazine rings is 1. The maximum atomic E-state index is 14.7. The summed E-state index contributed by atoms with van der Waals surface area (Å²) in [4.78, 5) is 42.6. The van der Waals surface area contributed by atoms with Crippen LogP contribution in [-0.2, 0) is 20.8 Å². The minimum Gasteiger partial charge on any atom is -0.493 e. The molecule has 50 heavy (non-hydrogen) atoms. The van der Waals surface area contributed by atoms with Crippen LogP contribution in [0, 0.1) is 20.8 Å². The summed E-state index contributed by atoms with van der Waals surface area (Å²) in [5, 5.41) is 23.9. The van der Waals surface area contributed by atoms with Gasteiger partial charge in [-0.2, -0.15) is 0 Å². The second-order valence-electron chi connectivity index (χ2n) is 14.2. The first-order chi connectivity index (χ1) is 24.1. The van der Waals surface area contributed by atoms with Crippen molar-refractivity contribution >= 4 is 23.4 Å². The lowest BCUT2D eigenvalue weighted by atomic mass is 9.82.